The maximum atomic E-state index is 15.0. The van der Waals surface area contributed by atoms with Crippen molar-refractivity contribution in [2.24, 2.45) is 5.73 Å². The van der Waals surface area contributed by atoms with Crippen molar-refractivity contribution in [3.8, 4) is 0 Å². The number of nitrogens with two attached hydrogens (primary N) is 1. The van der Waals surface area contributed by atoms with Crippen molar-refractivity contribution in [3.05, 3.63) is 22.5 Å². The summed E-state index contributed by atoms with van der Waals surface area (Å²) in [5.41, 5.74) is 2.42. The van der Waals surface area contributed by atoms with Gasteiger partial charge in [-0.05, 0) is 6.92 Å². The summed E-state index contributed by atoms with van der Waals surface area (Å²) in [5, 5.41) is 10.4. The number of halogens is 1. The summed E-state index contributed by atoms with van der Waals surface area (Å²) in [6.45, 7) is -0.478. The number of phosphoric ester groups is 1. The Morgan fingerprint density at radius 2 is 1.91 bits per heavy atom. The third-order valence-corrected chi connectivity index (χ3v) is 8.31. The van der Waals surface area contributed by atoms with Crippen LogP contribution in [0.15, 0.2) is 11.1 Å². The Kier molecular flexibility index (Phi) is 7.37. The number of aromatic amines is 1. The number of hydrogen-bond donors (Lipinski definition) is 7. The Morgan fingerprint density at radius 3 is 2.50 bits per heavy atom. The topological polar surface area (TPSA) is 279 Å². The summed E-state index contributed by atoms with van der Waals surface area (Å²) in [7, 11) is -17.0. The lowest BCUT2D eigenvalue weighted by atomic mass is 9.97. The Morgan fingerprint density at radius 1 is 1.26 bits per heavy atom. The molecule has 22 heteroatoms. The highest BCUT2D eigenvalue weighted by molar-refractivity contribution is 7.66. The van der Waals surface area contributed by atoms with Gasteiger partial charge in [0.05, 0.1) is 12.9 Å². The molecule has 1 fully saturated rings. The van der Waals surface area contributed by atoms with Gasteiger partial charge < -0.3 is 40.1 Å². The molecule has 0 saturated carbocycles. The lowest BCUT2D eigenvalue weighted by Gasteiger charge is -2.30. The zero-order chi connectivity index (χ0) is 25.7. The number of aliphatic hydroxyl groups excluding tert-OH is 1. The van der Waals surface area contributed by atoms with Gasteiger partial charge in [-0.15, -0.1) is 0 Å². The molecule has 1 saturated heterocycles. The molecular weight excluding hydrogens is 534 g/mol. The van der Waals surface area contributed by atoms with E-state index in [0.29, 0.717) is 0 Å². The first kappa shape index (κ1) is 27.2. The number of aromatic nitrogens is 4. The fourth-order valence-corrected chi connectivity index (χ4v) is 6.17. The SMILES string of the molecule is Cc1nc2c(ncn2[C@@H]2O[C@](CN)(COP(=O)(O)OP(=O)(O)OP(=O)(O)O)[C@@H](O)[C@H]2F)c(=O)[nH]1. The number of aliphatic hydroxyl groups is 1. The van der Waals surface area contributed by atoms with Gasteiger partial charge in [0.2, 0.25) is 0 Å². The molecule has 2 unspecified atom stereocenters. The first-order valence-electron chi connectivity index (χ1n) is 8.91. The fraction of sp³-hybridized carbons (Fsp3) is 0.583. The van der Waals surface area contributed by atoms with E-state index in [9.17, 15) is 33.4 Å². The highest BCUT2D eigenvalue weighted by atomic mass is 31.3. The fourth-order valence-electron chi connectivity index (χ4n) is 3.09. The van der Waals surface area contributed by atoms with Gasteiger partial charge in [-0.1, -0.05) is 0 Å². The van der Waals surface area contributed by atoms with E-state index in [2.05, 4.69) is 28.1 Å². The number of H-pyrrole nitrogens is 1. The number of phosphoric acid groups is 3. The standard InChI is InChI=1S/C12H19FN5O13P3/c1-5-16-9-7(10(20)17-5)15-4-18(9)11-6(13)8(19)12(2-14,29-11)3-28-33(24,25)31-34(26,27)30-32(21,22)23/h4,6,8,11,19H,2-3,14H2,1H3,(H,24,25)(H,26,27)(H,16,17,20)(H2,21,22,23)/t6-,8+,11-,12-/m1/s1. The number of rotatable bonds is 9. The molecule has 34 heavy (non-hydrogen) atoms. The maximum absolute atomic E-state index is 15.0. The van der Waals surface area contributed by atoms with Crippen molar-refractivity contribution < 1.29 is 60.6 Å². The van der Waals surface area contributed by atoms with Crippen molar-refractivity contribution in [2.75, 3.05) is 13.2 Å². The van der Waals surface area contributed by atoms with Gasteiger partial charge in [-0.2, -0.15) is 8.62 Å². The zero-order valence-corrected chi connectivity index (χ0v) is 19.5. The predicted octanol–water partition coefficient (Wildman–Crippen LogP) is -1.30. The Balaban J connectivity index is 1.83. The first-order valence-corrected chi connectivity index (χ1v) is 13.4. The molecule has 3 rings (SSSR count). The van der Waals surface area contributed by atoms with Crippen molar-refractivity contribution in [2.45, 2.75) is 31.0 Å². The van der Waals surface area contributed by atoms with Crippen molar-refractivity contribution in [1.29, 1.82) is 0 Å². The van der Waals surface area contributed by atoms with Gasteiger partial charge in [0.25, 0.3) is 5.56 Å². The number of fused-ring (bicyclic) bond motifs is 1. The van der Waals surface area contributed by atoms with Crippen LogP contribution in [-0.2, 0) is 31.6 Å². The van der Waals surface area contributed by atoms with Crippen LogP contribution >= 0.6 is 23.5 Å². The largest absolute Gasteiger partial charge is 0.490 e. The Hall–Kier alpha value is -1.43. The summed E-state index contributed by atoms with van der Waals surface area (Å²) in [4.78, 5) is 58.2. The van der Waals surface area contributed by atoms with E-state index in [1.54, 1.807) is 0 Å². The monoisotopic (exact) mass is 553 g/mol. The third-order valence-electron chi connectivity index (χ3n) is 4.53. The lowest BCUT2D eigenvalue weighted by molar-refractivity contribution is -0.118. The van der Waals surface area contributed by atoms with Gasteiger partial charge in [0.15, 0.2) is 23.6 Å². The molecule has 0 spiro atoms. The summed E-state index contributed by atoms with van der Waals surface area (Å²) in [5.74, 6) is 0.158. The van der Waals surface area contributed by atoms with Crippen molar-refractivity contribution in [3.63, 3.8) is 0 Å². The lowest BCUT2D eigenvalue weighted by Crippen LogP contribution is -2.51. The minimum absolute atomic E-state index is 0.109. The van der Waals surface area contributed by atoms with Gasteiger partial charge in [0, 0.05) is 6.54 Å². The van der Waals surface area contributed by atoms with E-state index in [4.69, 9.17) is 20.3 Å². The smallest absolute Gasteiger partial charge is 0.387 e. The normalized spacial score (nSPS) is 29.2. The van der Waals surface area contributed by atoms with Gasteiger partial charge in [-0.25, -0.2) is 28.1 Å². The highest BCUT2D eigenvalue weighted by Gasteiger charge is 2.57. The highest BCUT2D eigenvalue weighted by Crippen LogP contribution is 2.66. The summed E-state index contributed by atoms with van der Waals surface area (Å²) in [6.07, 6.45) is -5.05. The number of aryl methyl sites for hydroxylation is 1. The molecule has 0 aliphatic carbocycles. The number of nitrogens with zero attached hydrogens (tertiary/aromatic N) is 3. The van der Waals surface area contributed by atoms with Crippen LogP contribution < -0.4 is 11.3 Å². The van der Waals surface area contributed by atoms with Gasteiger partial charge >= 0.3 is 23.5 Å². The van der Waals surface area contributed by atoms with Crippen LogP contribution in [0.5, 0.6) is 0 Å². The Labute approximate surface area is 187 Å². The van der Waals surface area contributed by atoms with Gasteiger partial charge in [-0.3, -0.25) is 13.9 Å². The van der Waals surface area contributed by atoms with Crippen molar-refractivity contribution >= 4 is 34.6 Å². The van der Waals surface area contributed by atoms with E-state index in [-0.39, 0.29) is 17.0 Å². The number of imidazole rings is 1. The molecule has 3 heterocycles. The first-order chi connectivity index (χ1) is 15.5. The summed E-state index contributed by atoms with van der Waals surface area (Å²) < 4.78 is 67.2. The molecule has 192 valence electrons. The maximum Gasteiger partial charge on any atom is 0.490 e. The van der Waals surface area contributed by atoms with E-state index >= 15 is 4.39 Å². The average molecular weight is 553 g/mol. The second kappa shape index (κ2) is 9.22. The van der Waals surface area contributed by atoms with Crippen LogP contribution in [0.3, 0.4) is 0 Å². The molecule has 6 atom stereocenters. The van der Waals surface area contributed by atoms with Crippen LogP contribution in [0.2, 0.25) is 0 Å². The molecule has 2 aromatic rings. The molecule has 0 bridgehead atoms. The zero-order valence-electron chi connectivity index (χ0n) is 16.9. The molecule has 0 aromatic carbocycles. The van der Waals surface area contributed by atoms with Crippen LogP contribution in [0.25, 0.3) is 11.2 Å². The van der Waals surface area contributed by atoms with E-state index in [1.165, 1.54) is 6.92 Å². The molecule has 0 amide bonds. The molecule has 18 nitrogen and oxygen atoms in total. The quantitative estimate of drug-likeness (QED) is 0.178. The molecule has 2 aromatic heterocycles. The second-order valence-electron chi connectivity index (χ2n) is 7.01. The van der Waals surface area contributed by atoms with Crippen LogP contribution in [0.1, 0.15) is 12.1 Å². The second-order valence-corrected chi connectivity index (χ2v) is 11.4. The summed E-state index contributed by atoms with van der Waals surface area (Å²) in [6, 6.07) is 0. The number of nitrogens with one attached hydrogen (secondary N) is 1. The van der Waals surface area contributed by atoms with Crippen LogP contribution in [0, 0.1) is 6.92 Å². The number of ether oxygens (including phenoxy) is 1. The number of hydrogen-bond acceptors (Lipinski definition) is 12. The predicted molar refractivity (Wildman–Crippen MR) is 106 cm³/mol. The van der Waals surface area contributed by atoms with Crippen LogP contribution in [-0.4, -0.2) is 75.2 Å². The Bertz CT molecular complexity index is 1280. The number of alkyl halides is 1. The van der Waals surface area contributed by atoms with E-state index in [0.717, 1.165) is 10.9 Å². The molecule has 0 radical (unpaired) electrons. The van der Waals surface area contributed by atoms with Crippen molar-refractivity contribution in [1.82, 2.24) is 19.5 Å². The van der Waals surface area contributed by atoms with E-state index < -0.39 is 66.3 Å². The molecule has 8 N–H and O–H groups in total. The van der Waals surface area contributed by atoms with E-state index in [1.807, 2.05) is 0 Å². The van der Waals surface area contributed by atoms with Crippen LogP contribution in [0.4, 0.5) is 4.39 Å². The minimum Gasteiger partial charge on any atom is -0.387 e. The molecule has 1 aliphatic rings. The van der Waals surface area contributed by atoms with Gasteiger partial charge in [0.1, 0.15) is 17.5 Å². The molecular formula is C12H19FN5O13P3. The summed E-state index contributed by atoms with van der Waals surface area (Å²) >= 11 is 0. The average Bonchev–Trinajstić information content (AvgIpc) is 3.18. The minimum atomic E-state index is -5.81. The third kappa shape index (κ3) is 5.68. The molecule has 1 aliphatic heterocycles.